The largest absolute Gasteiger partial charge is 0.367 e. The Hall–Kier alpha value is -0.120. The van der Waals surface area contributed by atoms with Gasteiger partial charge in [-0.2, -0.15) is 0 Å². The Balaban J connectivity index is 4.10. The van der Waals surface area contributed by atoms with Crippen LogP contribution in [0.3, 0.4) is 0 Å². The number of aliphatic hydroxyl groups excluding tert-OH is 1. The molecule has 0 aliphatic carbocycles. The number of ether oxygens (including phenoxy) is 1. The normalized spacial score (nSPS) is 17.1. The molecule has 0 aromatic carbocycles. The quantitative estimate of drug-likeness (QED) is 0.669. The number of rotatable bonds is 5. The maximum absolute atomic E-state index is 9.81. The van der Waals surface area contributed by atoms with Crippen LogP contribution in [0.1, 0.15) is 41.0 Å². The molecule has 3 heteroatoms. The van der Waals surface area contributed by atoms with Crippen molar-refractivity contribution in [3.8, 4) is 0 Å². The average molecular weight is 203 g/mol. The smallest absolute Gasteiger partial charge is 0.170 e. The van der Waals surface area contributed by atoms with Crippen LogP contribution < -0.4 is 5.32 Å². The third-order valence-electron chi connectivity index (χ3n) is 1.91. The van der Waals surface area contributed by atoms with Crippen LogP contribution in [0.5, 0.6) is 0 Å². The number of likely N-dealkylation sites (N-methyl/N-ethyl adjacent to an activating group) is 1. The zero-order chi connectivity index (χ0) is 11.4. The summed E-state index contributed by atoms with van der Waals surface area (Å²) in [6.07, 6.45) is 0.177. The Kier molecular flexibility index (Phi) is 5.64. The van der Waals surface area contributed by atoms with Gasteiger partial charge in [0.05, 0.1) is 11.6 Å². The van der Waals surface area contributed by atoms with E-state index in [0.29, 0.717) is 5.92 Å². The molecule has 0 rings (SSSR count). The molecule has 0 saturated carbocycles. The fourth-order valence-electron chi connectivity index (χ4n) is 1.33. The molecule has 0 aliphatic heterocycles. The van der Waals surface area contributed by atoms with Crippen molar-refractivity contribution >= 4 is 0 Å². The highest BCUT2D eigenvalue weighted by atomic mass is 16.6. The third-order valence-corrected chi connectivity index (χ3v) is 1.91. The molecule has 14 heavy (non-hydrogen) atoms. The first-order valence-corrected chi connectivity index (χ1v) is 5.29. The second-order valence-corrected chi connectivity index (χ2v) is 5.15. The molecule has 2 N–H and O–H groups in total. The molecule has 0 bridgehead atoms. The van der Waals surface area contributed by atoms with Crippen LogP contribution in [-0.4, -0.2) is 30.1 Å². The zero-order valence-corrected chi connectivity index (χ0v) is 10.3. The lowest BCUT2D eigenvalue weighted by Gasteiger charge is -2.30. The summed E-state index contributed by atoms with van der Waals surface area (Å²) >= 11 is 0. The molecule has 0 aliphatic rings. The van der Waals surface area contributed by atoms with Crippen LogP contribution in [0.4, 0.5) is 0 Å². The van der Waals surface area contributed by atoms with Gasteiger partial charge in [0.2, 0.25) is 0 Å². The molecule has 0 heterocycles. The SMILES string of the molecule is CN[C@@H](CC(C)C)C(O)OC(C)(C)C. The van der Waals surface area contributed by atoms with E-state index in [1.54, 1.807) is 0 Å². The van der Waals surface area contributed by atoms with E-state index in [-0.39, 0.29) is 11.6 Å². The minimum absolute atomic E-state index is 0.00854. The van der Waals surface area contributed by atoms with Crippen LogP contribution in [0, 0.1) is 5.92 Å². The molecule has 0 fully saturated rings. The summed E-state index contributed by atoms with van der Waals surface area (Å²) in [7, 11) is 1.85. The van der Waals surface area contributed by atoms with Gasteiger partial charge in [0.1, 0.15) is 0 Å². The molecular formula is C11H25NO2. The van der Waals surface area contributed by atoms with Crippen molar-refractivity contribution < 1.29 is 9.84 Å². The Bertz CT molecular complexity index is 152. The average Bonchev–Trinajstić information content (AvgIpc) is 1.96. The van der Waals surface area contributed by atoms with E-state index in [4.69, 9.17) is 4.74 Å². The van der Waals surface area contributed by atoms with Crippen molar-refractivity contribution in [2.24, 2.45) is 5.92 Å². The van der Waals surface area contributed by atoms with E-state index in [2.05, 4.69) is 19.2 Å². The predicted molar refractivity (Wildman–Crippen MR) is 59.1 cm³/mol. The first-order valence-electron chi connectivity index (χ1n) is 5.29. The van der Waals surface area contributed by atoms with Gasteiger partial charge in [0, 0.05) is 0 Å². The highest BCUT2D eigenvalue weighted by Crippen LogP contribution is 2.15. The molecule has 0 spiro atoms. The number of hydrogen-bond donors (Lipinski definition) is 2. The van der Waals surface area contributed by atoms with Crippen molar-refractivity contribution in [1.29, 1.82) is 0 Å². The zero-order valence-electron chi connectivity index (χ0n) is 10.3. The molecule has 1 unspecified atom stereocenters. The topological polar surface area (TPSA) is 41.5 Å². The molecule has 0 aromatic rings. The molecule has 0 amide bonds. The highest BCUT2D eigenvalue weighted by molar-refractivity contribution is 4.72. The van der Waals surface area contributed by atoms with E-state index < -0.39 is 6.29 Å². The van der Waals surface area contributed by atoms with E-state index in [0.717, 1.165) is 6.42 Å². The molecule has 86 valence electrons. The Labute approximate surface area is 87.8 Å². The van der Waals surface area contributed by atoms with Gasteiger partial charge in [0.25, 0.3) is 0 Å². The molecule has 3 nitrogen and oxygen atoms in total. The number of aliphatic hydroxyl groups is 1. The standard InChI is InChI=1S/C11H25NO2/c1-8(2)7-9(12-6)10(13)14-11(3,4)5/h8-10,12-13H,7H2,1-6H3/t9-,10?/m0/s1. The van der Waals surface area contributed by atoms with Crippen LogP contribution in [-0.2, 0) is 4.74 Å². The third kappa shape index (κ3) is 6.35. The summed E-state index contributed by atoms with van der Waals surface area (Å²) in [5.41, 5.74) is -0.300. The van der Waals surface area contributed by atoms with Crippen molar-refractivity contribution in [3.05, 3.63) is 0 Å². The second-order valence-electron chi connectivity index (χ2n) is 5.15. The van der Waals surface area contributed by atoms with E-state index in [1.807, 2.05) is 27.8 Å². The second kappa shape index (κ2) is 5.69. The first kappa shape index (κ1) is 13.9. The van der Waals surface area contributed by atoms with Gasteiger partial charge in [-0.05, 0) is 40.2 Å². The fraction of sp³-hybridized carbons (Fsp3) is 1.00. The molecule has 2 atom stereocenters. The first-order chi connectivity index (χ1) is 6.26. The van der Waals surface area contributed by atoms with Crippen LogP contribution in [0.25, 0.3) is 0 Å². The summed E-state index contributed by atoms with van der Waals surface area (Å²) < 4.78 is 5.48. The summed E-state index contributed by atoms with van der Waals surface area (Å²) in [6.45, 7) is 10.1. The van der Waals surface area contributed by atoms with Gasteiger partial charge in [-0.1, -0.05) is 13.8 Å². The van der Waals surface area contributed by atoms with E-state index >= 15 is 0 Å². The van der Waals surface area contributed by atoms with Crippen molar-refractivity contribution in [1.82, 2.24) is 5.32 Å². The Morgan fingerprint density at radius 3 is 2.07 bits per heavy atom. The minimum atomic E-state index is -0.734. The van der Waals surface area contributed by atoms with Crippen LogP contribution >= 0.6 is 0 Å². The van der Waals surface area contributed by atoms with Gasteiger partial charge in [-0.15, -0.1) is 0 Å². The Morgan fingerprint density at radius 1 is 1.29 bits per heavy atom. The van der Waals surface area contributed by atoms with Crippen molar-refractivity contribution in [2.45, 2.75) is 59.0 Å². The predicted octanol–water partition coefficient (Wildman–Crippen LogP) is 1.75. The molecule has 0 radical (unpaired) electrons. The van der Waals surface area contributed by atoms with Gasteiger partial charge in [-0.25, -0.2) is 0 Å². The van der Waals surface area contributed by atoms with Gasteiger partial charge in [0.15, 0.2) is 6.29 Å². The minimum Gasteiger partial charge on any atom is -0.367 e. The van der Waals surface area contributed by atoms with Crippen molar-refractivity contribution in [2.75, 3.05) is 7.05 Å². The highest BCUT2D eigenvalue weighted by Gasteiger charge is 2.24. The number of nitrogens with one attached hydrogen (secondary N) is 1. The summed E-state index contributed by atoms with van der Waals surface area (Å²) in [6, 6.07) is 0.00854. The van der Waals surface area contributed by atoms with Crippen molar-refractivity contribution in [3.63, 3.8) is 0 Å². The van der Waals surface area contributed by atoms with Gasteiger partial charge >= 0.3 is 0 Å². The Morgan fingerprint density at radius 2 is 1.79 bits per heavy atom. The molecule has 0 aromatic heterocycles. The summed E-state index contributed by atoms with van der Waals surface area (Å²) in [5, 5.41) is 12.9. The lowest BCUT2D eigenvalue weighted by Crippen LogP contribution is -2.43. The fourth-order valence-corrected chi connectivity index (χ4v) is 1.33. The summed E-state index contributed by atoms with van der Waals surface area (Å²) in [4.78, 5) is 0. The molecular weight excluding hydrogens is 178 g/mol. The maximum atomic E-state index is 9.81. The van der Waals surface area contributed by atoms with Gasteiger partial charge < -0.3 is 15.2 Å². The number of hydrogen-bond acceptors (Lipinski definition) is 3. The summed E-state index contributed by atoms with van der Waals surface area (Å²) in [5.74, 6) is 0.547. The van der Waals surface area contributed by atoms with Crippen LogP contribution in [0.15, 0.2) is 0 Å². The monoisotopic (exact) mass is 203 g/mol. The lowest BCUT2D eigenvalue weighted by atomic mass is 10.0. The van der Waals surface area contributed by atoms with Gasteiger partial charge in [-0.3, -0.25) is 0 Å². The lowest BCUT2D eigenvalue weighted by molar-refractivity contribution is -0.181. The van der Waals surface area contributed by atoms with Crippen LogP contribution in [0.2, 0.25) is 0 Å². The molecule has 0 saturated heterocycles. The maximum Gasteiger partial charge on any atom is 0.170 e. The van der Waals surface area contributed by atoms with E-state index in [9.17, 15) is 5.11 Å². The van der Waals surface area contributed by atoms with E-state index in [1.165, 1.54) is 0 Å².